The molecule has 1 heterocycles. The first-order chi connectivity index (χ1) is 9.38. The van der Waals surface area contributed by atoms with Crippen LogP contribution in [-0.4, -0.2) is 10.9 Å². The molecule has 0 spiro atoms. The highest BCUT2D eigenvalue weighted by atomic mass is 79.9. The molecule has 0 bridgehead atoms. The molecule has 0 unspecified atom stereocenters. The molecule has 3 nitrogen and oxygen atoms in total. The predicted octanol–water partition coefficient (Wildman–Crippen LogP) is 3.85. The fraction of sp³-hybridized carbons (Fsp3) is 0.167. The van der Waals surface area contributed by atoms with E-state index in [1.165, 1.54) is 23.5 Å². The van der Waals surface area contributed by atoms with Crippen LogP contribution in [0.15, 0.2) is 33.6 Å². The van der Waals surface area contributed by atoms with Gasteiger partial charge in [-0.3, -0.25) is 4.79 Å². The van der Waals surface area contributed by atoms with Crippen LogP contribution in [0.1, 0.15) is 21.6 Å². The lowest BCUT2D eigenvalue weighted by Crippen LogP contribution is -2.23. The lowest BCUT2D eigenvalue weighted by atomic mass is 10.1. The average molecular weight is 365 g/mol. The van der Waals surface area contributed by atoms with Gasteiger partial charge in [0.2, 0.25) is 0 Å². The topological polar surface area (TPSA) is 42.0 Å². The Morgan fingerprint density at radius 3 is 2.75 bits per heavy atom. The van der Waals surface area contributed by atoms with Crippen molar-refractivity contribution in [3.63, 3.8) is 0 Å². The van der Waals surface area contributed by atoms with Crippen molar-refractivity contribution in [2.75, 3.05) is 0 Å². The molecule has 0 aliphatic carbocycles. The second-order valence-corrected chi connectivity index (χ2v) is 5.43. The van der Waals surface area contributed by atoms with Gasteiger partial charge in [0.05, 0.1) is 23.3 Å². The van der Waals surface area contributed by atoms with E-state index in [0.29, 0.717) is 5.69 Å². The molecule has 106 valence electrons. The van der Waals surface area contributed by atoms with E-state index in [2.05, 4.69) is 26.2 Å². The predicted molar refractivity (Wildman–Crippen MR) is 72.4 cm³/mol. The fourth-order valence-corrected chi connectivity index (χ4v) is 2.51. The monoisotopic (exact) mass is 364 g/mol. The van der Waals surface area contributed by atoms with Gasteiger partial charge in [0, 0.05) is 15.4 Å². The van der Waals surface area contributed by atoms with Gasteiger partial charge in [0.15, 0.2) is 0 Å². The standard InChI is InChI=1S/C12H8BrF3N2OS/c13-10-2-1-7(3-9(10)12(14,15)16)11(19)17-4-8-5-20-6-18-8/h1-3,5-6H,4H2,(H,17,19). The number of carbonyl (C=O) groups excluding carboxylic acids is 1. The number of amides is 1. The number of benzene rings is 1. The molecule has 0 aliphatic rings. The van der Waals surface area contributed by atoms with Gasteiger partial charge in [-0.05, 0) is 18.2 Å². The Morgan fingerprint density at radius 1 is 1.40 bits per heavy atom. The van der Waals surface area contributed by atoms with E-state index >= 15 is 0 Å². The van der Waals surface area contributed by atoms with E-state index in [9.17, 15) is 18.0 Å². The number of aromatic nitrogens is 1. The van der Waals surface area contributed by atoms with Crippen molar-refractivity contribution < 1.29 is 18.0 Å². The minimum atomic E-state index is -4.51. The van der Waals surface area contributed by atoms with E-state index in [1.54, 1.807) is 10.9 Å². The summed E-state index contributed by atoms with van der Waals surface area (Å²) in [6.07, 6.45) is -4.51. The van der Waals surface area contributed by atoms with Crippen LogP contribution >= 0.6 is 27.3 Å². The minimum Gasteiger partial charge on any atom is -0.346 e. The summed E-state index contributed by atoms with van der Waals surface area (Å²) in [7, 11) is 0. The molecular formula is C12H8BrF3N2OS. The molecule has 0 saturated carbocycles. The molecule has 1 aromatic heterocycles. The van der Waals surface area contributed by atoms with Crippen LogP contribution in [0, 0.1) is 0 Å². The first-order valence-corrected chi connectivity index (χ1v) is 7.13. The number of alkyl halides is 3. The minimum absolute atomic E-state index is 0.0456. The van der Waals surface area contributed by atoms with Crippen LogP contribution in [0.5, 0.6) is 0 Å². The highest BCUT2D eigenvalue weighted by Crippen LogP contribution is 2.35. The van der Waals surface area contributed by atoms with E-state index in [-0.39, 0.29) is 16.6 Å². The summed E-state index contributed by atoms with van der Waals surface area (Å²) in [5.41, 5.74) is 1.36. The number of hydrogen-bond donors (Lipinski definition) is 1. The number of nitrogens with zero attached hydrogens (tertiary/aromatic N) is 1. The van der Waals surface area contributed by atoms with Crippen molar-refractivity contribution in [2.24, 2.45) is 0 Å². The second kappa shape index (κ2) is 5.92. The normalized spacial score (nSPS) is 11.4. The van der Waals surface area contributed by atoms with Crippen LogP contribution in [0.2, 0.25) is 0 Å². The lowest BCUT2D eigenvalue weighted by Gasteiger charge is -2.11. The Hall–Kier alpha value is -1.41. The number of carbonyl (C=O) groups is 1. The van der Waals surface area contributed by atoms with Gasteiger partial charge in [-0.25, -0.2) is 4.98 Å². The summed E-state index contributed by atoms with van der Waals surface area (Å²) in [4.78, 5) is 15.8. The van der Waals surface area contributed by atoms with E-state index in [4.69, 9.17) is 0 Å². The SMILES string of the molecule is O=C(NCc1cscn1)c1ccc(Br)c(C(F)(F)F)c1. The molecule has 8 heteroatoms. The van der Waals surface area contributed by atoms with Gasteiger partial charge < -0.3 is 5.32 Å². The number of hydrogen-bond acceptors (Lipinski definition) is 3. The number of rotatable bonds is 3. The summed E-state index contributed by atoms with van der Waals surface area (Å²) in [6.45, 7) is 0.180. The summed E-state index contributed by atoms with van der Waals surface area (Å²) in [5, 5.41) is 4.28. The Balaban J connectivity index is 2.14. The first-order valence-electron chi connectivity index (χ1n) is 5.40. The summed E-state index contributed by atoms with van der Waals surface area (Å²) in [6, 6.07) is 3.36. The molecule has 1 aromatic carbocycles. The van der Waals surface area contributed by atoms with Gasteiger partial charge in [0.25, 0.3) is 5.91 Å². The average Bonchev–Trinajstić information content (AvgIpc) is 2.88. The van der Waals surface area contributed by atoms with E-state index in [0.717, 1.165) is 6.07 Å². The molecule has 20 heavy (non-hydrogen) atoms. The third-order valence-electron chi connectivity index (χ3n) is 2.45. The largest absolute Gasteiger partial charge is 0.417 e. The Bertz CT molecular complexity index is 614. The van der Waals surface area contributed by atoms with Crippen LogP contribution in [0.25, 0.3) is 0 Å². The molecule has 0 saturated heterocycles. The van der Waals surface area contributed by atoms with E-state index in [1.807, 2.05) is 0 Å². The zero-order valence-corrected chi connectivity index (χ0v) is 12.3. The van der Waals surface area contributed by atoms with Gasteiger partial charge in [-0.1, -0.05) is 15.9 Å². The Labute approximate surface area is 125 Å². The summed E-state index contributed by atoms with van der Waals surface area (Å²) >= 11 is 4.20. The second-order valence-electron chi connectivity index (χ2n) is 3.85. The van der Waals surface area contributed by atoms with Crippen LogP contribution in [0.4, 0.5) is 13.2 Å². The third kappa shape index (κ3) is 3.57. The molecule has 2 aromatic rings. The summed E-state index contributed by atoms with van der Waals surface area (Å²) < 4.78 is 38.1. The molecular weight excluding hydrogens is 357 g/mol. The van der Waals surface area contributed by atoms with Crippen LogP contribution < -0.4 is 5.32 Å². The van der Waals surface area contributed by atoms with Crippen molar-refractivity contribution in [1.29, 1.82) is 0 Å². The maximum Gasteiger partial charge on any atom is 0.417 e. The molecule has 0 radical (unpaired) electrons. The fourth-order valence-electron chi connectivity index (χ4n) is 1.48. The molecule has 1 N–H and O–H groups in total. The molecule has 0 aliphatic heterocycles. The maximum absolute atomic E-state index is 12.7. The summed E-state index contributed by atoms with van der Waals surface area (Å²) in [5.74, 6) is -0.573. The Kier molecular flexibility index (Phi) is 4.44. The zero-order valence-electron chi connectivity index (χ0n) is 9.87. The van der Waals surface area contributed by atoms with Crippen molar-refractivity contribution in [3.8, 4) is 0 Å². The van der Waals surface area contributed by atoms with Crippen molar-refractivity contribution >= 4 is 33.2 Å². The van der Waals surface area contributed by atoms with Crippen LogP contribution in [-0.2, 0) is 12.7 Å². The van der Waals surface area contributed by atoms with Gasteiger partial charge in [0.1, 0.15) is 0 Å². The van der Waals surface area contributed by atoms with Crippen molar-refractivity contribution in [2.45, 2.75) is 12.7 Å². The highest BCUT2D eigenvalue weighted by molar-refractivity contribution is 9.10. The maximum atomic E-state index is 12.7. The zero-order chi connectivity index (χ0) is 14.8. The van der Waals surface area contributed by atoms with Crippen molar-refractivity contribution in [3.05, 3.63) is 50.4 Å². The third-order valence-corrected chi connectivity index (χ3v) is 3.77. The number of halogens is 4. The van der Waals surface area contributed by atoms with Crippen LogP contribution in [0.3, 0.4) is 0 Å². The molecule has 2 rings (SSSR count). The first kappa shape index (κ1) is 15.0. The molecule has 1 amide bonds. The highest BCUT2D eigenvalue weighted by Gasteiger charge is 2.33. The lowest BCUT2D eigenvalue weighted by molar-refractivity contribution is -0.138. The number of thiazole rings is 1. The van der Waals surface area contributed by atoms with Gasteiger partial charge in [-0.2, -0.15) is 13.2 Å². The van der Waals surface area contributed by atoms with Gasteiger partial charge >= 0.3 is 6.18 Å². The quantitative estimate of drug-likeness (QED) is 0.898. The smallest absolute Gasteiger partial charge is 0.346 e. The Morgan fingerprint density at radius 2 is 2.15 bits per heavy atom. The molecule has 0 atom stereocenters. The number of nitrogens with one attached hydrogen (secondary N) is 1. The van der Waals surface area contributed by atoms with Gasteiger partial charge in [-0.15, -0.1) is 11.3 Å². The molecule has 0 fully saturated rings. The van der Waals surface area contributed by atoms with E-state index < -0.39 is 17.6 Å². The van der Waals surface area contributed by atoms with Crippen molar-refractivity contribution in [1.82, 2.24) is 10.3 Å².